The third-order valence-corrected chi connectivity index (χ3v) is 2.63. The molecule has 2 rings (SSSR count). The zero-order chi connectivity index (χ0) is 13.8. The van der Waals surface area contributed by atoms with E-state index in [1.54, 1.807) is 30.3 Å². The molecule has 0 radical (unpaired) electrons. The van der Waals surface area contributed by atoms with Crippen LogP contribution in [-0.2, 0) is 0 Å². The van der Waals surface area contributed by atoms with Crippen molar-refractivity contribution < 1.29 is 15.0 Å². The van der Waals surface area contributed by atoms with Crippen LogP contribution in [0.5, 0.6) is 11.5 Å². The van der Waals surface area contributed by atoms with Crippen molar-refractivity contribution in [2.45, 2.75) is 0 Å². The molecule has 4 nitrogen and oxygen atoms in total. The summed E-state index contributed by atoms with van der Waals surface area (Å²) in [6, 6.07) is 10.8. The van der Waals surface area contributed by atoms with Crippen LogP contribution in [0.25, 0.3) is 6.08 Å². The summed E-state index contributed by atoms with van der Waals surface area (Å²) in [6.07, 6.45) is 3.06. The average Bonchev–Trinajstić information content (AvgIpc) is 2.41. The van der Waals surface area contributed by atoms with Crippen molar-refractivity contribution in [1.82, 2.24) is 0 Å². The molecule has 0 spiro atoms. The number of hydrogen-bond acceptors (Lipinski definition) is 4. The first-order chi connectivity index (χ1) is 9.06. The molecule has 96 valence electrons. The average molecular weight is 255 g/mol. The number of benzene rings is 2. The van der Waals surface area contributed by atoms with Crippen LogP contribution >= 0.6 is 0 Å². The van der Waals surface area contributed by atoms with Crippen LogP contribution in [0.15, 0.2) is 48.5 Å². The molecule has 2 aromatic carbocycles. The molecule has 0 saturated heterocycles. The lowest BCUT2D eigenvalue weighted by molar-refractivity contribution is 0.104. The van der Waals surface area contributed by atoms with E-state index < -0.39 is 0 Å². The molecular formula is C15H13NO3. The Morgan fingerprint density at radius 1 is 1.05 bits per heavy atom. The van der Waals surface area contributed by atoms with Gasteiger partial charge in [-0.25, -0.2) is 0 Å². The first kappa shape index (κ1) is 12.7. The van der Waals surface area contributed by atoms with E-state index in [1.807, 2.05) is 0 Å². The summed E-state index contributed by atoms with van der Waals surface area (Å²) >= 11 is 0. The van der Waals surface area contributed by atoms with Gasteiger partial charge < -0.3 is 15.9 Å². The van der Waals surface area contributed by atoms with Crippen molar-refractivity contribution in [1.29, 1.82) is 0 Å². The van der Waals surface area contributed by atoms with Crippen molar-refractivity contribution in [3.8, 4) is 11.5 Å². The molecule has 0 unspecified atom stereocenters. The van der Waals surface area contributed by atoms with Gasteiger partial charge in [0.1, 0.15) is 11.5 Å². The SMILES string of the molecule is Nc1cc(C(=O)/C=C/c2ccc(O)cc2)ccc1O. The second-order valence-corrected chi connectivity index (χ2v) is 4.06. The Labute approximate surface area is 110 Å². The van der Waals surface area contributed by atoms with E-state index in [4.69, 9.17) is 10.8 Å². The van der Waals surface area contributed by atoms with E-state index in [2.05, 4.69) is 0 Å². The lowest BCUT2D eigenvalue weighted by Gasteiger charge is -2.00. The summed E-state index contributed by atoms with van der Waals surface area (Å²) in [5.74, 6) is -0.0753. The molecule has 0 bridgehead atoms. The van der Waals surface area contributed by atoms with Gasteiger partial charge in [0.2, 0.25) is 0 Å². The van der Waals surface area contributed by atoms with Gasteiger partial charge in [-0.05, 0) is 42.0 Å². The second-order valence-electron chi connectivity index (χ2n) is 4.06. The Balaban J connectivity index is 2.16. The molecule has 2 aromatic rings. The first-order valence-corrected chi connectivity index (χ1v) is 5.66. The van der Waals surface area contributed by atoms with Crippen LogP contribution in [0.4, 0.5) is 5.69 Å². The largest absolute Gasteiger partial charge is 0.508 e. The fraction of sp³-hybridized carbons (Fsp3) is 0. The quantitative estimate of drug-likeness (QED) is 0.340. The number of hydrogen-bond donors (Lipinski definition) is 3. The lowest BCUT2D eigenvalue weighted by atomic mass is 10.1. The van der Waals surface area contributed by atoms with Gasteiger partial charge in [0.15, 0.2) is 5.78 Å². The van der Waals surface area contributed by atoms with E-state index in [9.17, 15) is 9.90 Å². The van der Waals surface area contributed by atoms with Crippen LogP contribution in [0.1, 0.15) is 15.9 Å². The van der Waals surface area contributed by atoms with Gasteiger partial charge >= 0.3 is 0 Å². The highest BCUT2D eigenvalue weighted by Crippen LogP contribution is 2.21. The highest BCUT2D eigenvalue weighted by molar-refractivity contribution is 6.07. The van der Waals surface area contributed by atoms with E-state index in [1.165, 1.54) is 24.3 Å². The molecule has 0 atom stereocenters. The maximum Gasteiger partial charge on any atom is 0.185 e. The minimum Gasteiger partial charge on any atom is -0.508 e. The number of anilines is 1. The predicted molar refractivity (Wildman–Crippen MR) is 74.0 cm³/mol. The van der Waals surface area contributed by atoms with E-state index in [0.29, 0.717) is 5.56 Å². The van der Waals surface area contributed by atoms with Gasteiger partial charge in [-0.1, -0.05) is 18.2 Å². The number of phenolic OH excluding ortho intramolecular Hbond substituents is 2. The van der Waals surface area contributed by atoms with Gasteiger partial charge in [0.25, 0.3) is 0 Å². The van der Waals surface area contributed by atoms with Gasteiger partial charge in [-0.15, -0.1) is 0 Å². The van der Waals surface area contributed by atoms with Crippen molar-refractivity contribution >= 4 is 17.5 Å². The number of phenols is 2. The van der Waals surface area contributed by atoms with Gasteiger partial charge in [-0.2, -0.15) is 0 Å². The summed E-state index contributed by atoms with van der Waals surface area (Å²) in [5, 5.41) is 18.4. The molecule has 0 amide bonds. The predicted octanol–water partition coefficient (Wildman–Crippen LogP) is 2.58. The smallest absolute Gasteiger partial charge is 0.185 e. The lowest BCUT2D eigenvalue weighted by Crippen LogP contribution is -1.96. The molecule has 0 aliphatic rings. The number of rotatable bonds is 3. The molecule has 0 heterocycles. The molecule has 0 aromatic heterocycles. The Morgan fingerprint density at radius 2 is 1.74 bits per heavy atom. The summed E-state index contributed by atoms with van der Waals surface area (Å²) in [6.45, 7) is 0. The zero-order valence-corrected chi connectivity index (χ0v) is 10.1. The van der Waals surface area contributed by atoms with Gasteiger partial charge in [0, 0.05) is 5.56 Å². The fourth-order valence-corrected chi connectivity index (χ4v) is 1.56. The second kappa shape index (κ2) is 5.27. The van der Waals surface area contributed by atoms with Gasteiger partial charge in [-0.3, -0.25) is 4.79 Å². The Bertz CT molecular complexity index is 630. The summed E-state index contributed by atoms with van der Waals surface area (Å²) in [7, 11) is 0. The van der Waals surface area contributed by atoms with Crippen molar-refractivity contribution in [3.63, 3.8) is 0 Å². The standard InChI is InChI=1S/C15H13NO3/c16-13-9-11(4-8-15(13)19)14(18)7-3-10-1-5-12(17)6-2-10/h1-9,17,19H,16H2/b7-3+. The molecular weight excluding hydrogens is 242 g/mol. The Hall–Kier alpha value is -2.75. The number of allylic oxidation sites excluding steroid dienone is 1. The molecule has 0 aliphatic carbocycles. The Morgan fingerprint density at radius 3 is 2.37 bits per heavy atom. The topological polar surface area (TPSA) is 83.6 Å². The molecule has 4 N–H and O–H groups in total. The van der Waals surface area contributed by atoms with Crippen LogP contribution < -0.4 is 5.73 Å². The maximum atomic E-state index is 11.9. The summed E-state index contributed by atoms with van der Waals surface area (Å²) in [5.41, 5.74) is 6.91. The Kier molecular flexibility index (Phi) is 3.52. The van der Waals surface area contributed by atoms with Crippen LogP contribution in [0.3, 0.4) is 0 Å². The highest BCUT2D eigenvalue weighted by Gasteiger charge is 2.04. The summed E-state index contributed by atoms with van der Waals surface area (Å²) < 4.78 is 0. The van der Waals surface area contributed by atoms with Gasteiger partial charge in [0.05, 0.1) is 5.69 Å². The maximum absolute atomic E-state index is 11.9. The molecule has 0 fully saturated rings. The number of carbonyl (C=O) groups is 1. The van der Waals surface area contributed by atoms with Crippen LogP contribution in [0, 0.1) is 0 Å². The van der Waals surface area contributed by atoms with E-state index in [0.717, 1.165) is 5.56 Å². The number of aromatic hydroxyl groups is 2. The van der Waals surface area contributed by atoms with Crippen molar-refractivity contribution in [2.75, 3.05) is 5.73 Å². The van der Waals surface area contributed by atoms with Crippen molar-refractivity contribution in [3.05, 3.63) is 59.7 Å². The highest BCUT2D eigenvalue weighted by atomic mass is 16.3. The number of nitrogen functional groups attached to an aromatic ring is 1. The monoisotopic (exact) mass is 255 g/mol. The minimum absolute atomic E-state index is 0.0425. The fourth-order valence-electron chi connectivity index (χ4n) is 1.56. The van der Waals surface area contributed by atoms with Crippen LogP contribution in [-0.4, -0.2) is 16.0 Å². The summed E-state index contributed by atoms with van der Waals surface area (Å²) in [4.78, 5) is 11.9. The van der Waals surface area contributed by atoms with Crippen LogP contribution in [0.2, 0.25) is 0 Å². The minimum atomic E-state index is -0.209. The molecule has 4 heteroatoms. The number of nitrogens with two attached hydrogens (primary N) is 1. The third-order valence-electron chi connectivity index (χ3n) is 2.63. The first-order valence-electron chi connectivity index (χ1n) is 5.66. The third kappa shape index (κ3) is 3.13. The normalized spacial score (nSPS) is 10.7. The number of ketones is 1. The number of carbonyl (C=O) groups excluding carboxylic acids is 1. The van der Waals surface area contributed by atoms with E-state index in [-0.39, 0.29) is 23.0 Å². The molecule has 0 saturated carbocycles. The molecule has 19 heavy (non-hydrogen) atoms. The van der Waals surface area contributed by atoms with Crippen molar-refractivity contribution in [2.24, 2.45) is 0 Å². The van der Waals surface area contributed by atoms with E-state index >= 15 is 0 Å². The molecule has 0 aliphatic heterocycles. The zero-order valence-electron chi connectivity index (χ0n) is 10.1.